The molecule has 0 aromatic carbocycles. The molecule has 4 aromatic heterocycles. The van der Waals surface area contributed by atoms with Crippen molar-refractivity contribution < 1.29 is 4.52 Å². The molecule has 4 rings (SSSR count). The predicted molar refractivity (Wildman–Crippen MR) is 128 cm³/mol. The van der Waals surface area contributed by atoms with E-state index in [-0.39, 0.29) is 24.1 Å². The van der Waals surface area contributed by atoms with E-state index in [4.69, 9.17) is 4.52 Å². The molecule has 184 valence electrons. The summed E-state index contributed by atoms with van der Waals surface area (Å²) in [6.45, 7) is 2.48. The molecule has 0 unspecified atom stereocenters. The van der Waals surface area contributed by atoms with Crippen molar-refractivity contribution in [3.63, 3.8) is 0 Å². The number of nitrogens with zero attached hydrogens (tertiary/aromatic N) is 5. The smallest absolute Gasteiger partial charge is 0.331 e. The molecular weight excluding hydrogens is 454 g/mol. The average Bonchev–Trinajstić information content (AvgIpc) is 3.33. The topological polar surface area (TPSA) is 162 Å². The highest BCUT2D eigenvalue weighted by Crippen LogP contribution is 2.14. The summed E-state index contributed by atoms with van der Waals surface area (Å²) in [5, 5.41) is 3.96. The molecule has 0 bridgehead atoms. The van der Waals surface area contributed by atoms with E-state index in [0.717, 1.165) is 23.8 Å². The highest BCUT2D eigenvalue weighted by atomic mass is 16.5. The molecule has 35 heavy (non-hydrogen) atoms. The van der Waals surface area contributed by atoms with Crippen molar-refractivity contribution in [2.45, 2.75) is 65.0 Å². The van der Waals surface area contributed by atoms with Crippen molar-refractivity contribution in [1.29, 1.82) is 0 Å². The van der Waals surface area contributed by atoms with E-state index in [2.05, 4.69) is 32.0 Å². The van der Waals surface area contributed by atoms with Crippen LogP contribution < -0.4 is 22.5 Å². The summed E-state index contributed by atoms with van der Waals surface area (Å²) in [4.78, 5) is 63.4. The summed E-state index contributed by atoms with van der Waals surface area (Å²) in [7, 11) is 0. The second kappa shape index (κ2) is 10.9. The van der Waals surface area contributed by atoms with Crippen LogP contribution in [0.1, 0.15) is 51.3 Å². The van der Waals surface area contributed by atoms with Gasteiger partial charge in [0.25, 0.3) is 17.0 Å². The average molecular weight is 482 g/mol. The highest BCUT2D eigenvalue weighted by molar-refractivity contribution is 5.71. The van der Waals surface area contributed by atoms with Gasteiger partial charge in [-0.25, -0.2) is 9.59 Å². The molecule has 0 aliphatic rings. The van der Waals surface area contributed by atoms with Crippen molar-refractivity contribution in [2.75, 3.05) is 0 Å². The van der Waals surface area contributed by atoms with Crippen molar-refractivity contribution in [3.8, 4) is 11.6 Å². The van der Waals surface area contributed by atoms with Crippen LogP contribution in [0.4, 0.5) is 0 Å². The molecule has 12 heteroatoms. The first-order valence-corrected chi connectivity index (χ1v) is 11.7. The van der Waals surface area contributed by atoms with E-state index in [0.29, 0.717) is 43.1 Å². The Balaban J connectivity index is 1.52. The largest absolute Gasteiger partial charge is 0.332 e. The molecular formula is C23H27N7O5. The number of aromatic nitrogens is 7. The molecule has 0 spiro atoms. The van der Waals surface area contributed by atoms with E-state index in [1.807, 2.05) is 6.07 Å². The second-order valence-electron chi connectivity index (χ2n) is 8.27. The van der Waals surface area contributed by atoms with Gasteiger partial charge in [-0.1, -0.05) is 37.4 Å². The highest BCUT2D eigenvalue weighted by Gasteiger charge is 2.17. The quantitative estimate of drug-likeness (QED) is 0.305. The lowest BCUT2D eigenvalue weighted by Crippen LogP contribution is -2.43. The summed E-state index contributed by atoms with van der Waals surface area (Å²) in [5.41, 5.74) is -2.46. The second-order valence-corrected chi connectivity index (χ2v) is 8.27. The summed E-state index contributed by atoms with van der Waals surface area (Å²) in [6, 6.07) is 5.39. The minimum absolute atomic E-state index is 0.0961. The zero-order valence-electron chi connectivity index (χ0n) is 19.5. The van der Waals surface area contributed by atoms with Gasteiger partial charge in [0.05, 0.1) is 0 Å². The molecule has 0 fully saturated rings. The maximum Gasteiger partial charge on any atom is 0.331 e. The van der Waals surface area contributed by atoms with Crippen LogP contribution in [0.2, 0.25) is 0 Å². The normalized spacial score (nSPS) is 11.3. The van der Waals surface area contributed by atoms with Crippen LogP contribution in [-0.4, -0.2) is 34.2 Å². The van der Waals surface area contributed by atoms with Crippen LogP contribution in [0.5, 0.6) is 0 Å². The molecule has 2 N–H and O–H groups in total. The number of hydrogen-bond donors (Lipinski definition) is 2. The first kappa shape index (κ1) is 24.0. The number of nitrogens with one attached hydrogen (secondary N) is 2. The zero-order chi connectivity index (χ0) is 24.8. The summed E-state index contributed by atoms with van der Waals surface area (Å²) in [6.07, 6.45) is 6.78. The standard InChI is InChI=1S/C23H27N7O5/c1-2-3-4-8-13-29-18-17(26-22(33)27-19(18)31)21(32)30(23(29)34)14-9-6-11-16-25-20(35-28-16)15-10-5-7-12-24-15/h5,7,10,12H,2-4,6,8-9,11,13-14H2,1H3,(H2,26,27,31,33). The molecule has 0 atom stereocenters. The fraction of sp³-hybridized carbons (Fsp3) is 0.435. The minimum Gasteiger partial charge on any atom is -0.332 e. The van der Waals surface area contributed by atoms with Gasteiger partial charge in [-0.2, -0.15) is 4.98 Å². The van der Waals surface area contributed by atoms with Crippen molar-refractivity contribution in [3.05, 3.63) is 71.9 Å². The van der Waals surface area contributed by atoms with E-state index in [1.54, 1.807) is 18.3 Å². The Morgan fingerprint density at radius 1 is 0.943 bits per heavy atom. The SMILES string of the molecule is CCCCCCn1c(=O)n(CCCCc2noc(-c3ccccn3)n2)c(=O)c2[nH]c(=O)[nH]c(=O)c21. The third kappa shape index (κ3) is 5.36. The molecule has 0 aliphatic carbocycles. The first-order valence-electron chi connectivity index (χ1n) is 11.7. The van der Waals surface area contributed by atoms with Gasteiger partial charge >= 0.3 is 11.4 Å². The summed E-state index contributed by atoms with van der Waals surface area (Å²) >= 11 is 0. The molecule has 0 aliphatic heterocycles. The molecule has 0 radical (unpaired) electrons. The summed E-state index contributed by atoms with van der Waals surface area (Å²) < 4.78 is 7.61. The summed E-state index contributed by atoms with van der Waals surface area (Å²) in [5.74, 6) is 0.826. The van der Waals surface area contributed by atoms with Crippen LogP contribution in [0, 0.1) is 0 Å². The van der Waals surface area contributed by atoms with E-state index in [1.165, 1.54) is 4.57 Å². The van der Waals surface area contributed by atoms with Gasteiger partial charge in [0, 0.05) is 25.7 Å². The van der Waals surface area contributed by atoms with E-state index < -0.39 is 22.5 Å². The third-order valence-electron chi connectivity index (χ3n) is 5.73. The van der Waals surface area contributed by atoms with Crippen LogP contribution in [-0.2, 0) is 19.5 Å². The Kier molecular flexibility index (Phi) is 7.48. The van der Waals surface area contributed by atoms with Crippen LogP contribution in [0.15, 0.2) is 48.1 Å². The van der Waals surface area contributed by atoms with Gasteiger partial charge in [0.1, 0.15) is 16.7 Å². The van der Waals surface area contributed by atoms with Crippen molar-refractivity contribution in [2.24, 2.45) is 0 Å². The fourth-order valence-electron chi connectivity index (χ4n) is 3.96. The third-order valence-corrected chi connectivity index (χ3v) is 5.73. The number of aromatic amines is 2. The molecule has 4 aromatic rings. The maximum absolute atomic E-state index is 13.2. The number of fused-ring (bicyclic) bond motifs is 1. The Bertz CT molecular complexity index is 1530. The molecule has 0 saturated carbocycles. The Morgan fingerprint density at radius 3 is 2.51 bits per heavy atom. The molecule has 0 amide bonds. The fourth-order valence-corrected chi connectivity index (χ4v) is 3.96. The Labute approximate surface area is 198 Å². The van der Waals surface area contributed by atoms with E-state index >= 15 is 0 Å². The van der Waals surface area contributed by atoms with Crippen molar-refractivity contribution >= 4 is 11.0 Å². The van der Waals surface area contributed by atoms with Gasteiger partial charge in [-0.3, -0.25) is 28.7 Å². The van der Waals surface area contributed by atoms with Crippen LogP contribution in [0.25, 0.3) is 22.6 Å². The first-order chi connectivity index (χ1) is 17.0. The van der Waals surface area contributed by atoms with Crippen molar-refractivity contribution in [1.82, 2.24) is 34.2 Å². The number of H-pyrrole nitrogens is 2. The maximum atomic E-state index is 13.2. The number of unbranched alkanes of at least 4 members (excludes halogenated alkanes) is 4. The molecule has 0 saturated heterocycles. The lowest BCUT2D eigenvalue weighted by molar-refractivity contribution is 0.419. The molecule has 12 nitrogen and oxygen atoms in total. The van der Waals surface area contributed by atoms with Gasteiger partial charge < -0.3 is 9.51 Å². The number of hydrogen-bond acceptors (Lipinski definition) is 8. The Hall–Kier alpha value is -4.09. The zero-order valence-corrected chi connectivity index (χ0v) is 19.5. The van der Waals surface area contributed by atoms with Crippen LogP contribution >= 0.6 is 0 Å². The van der Waals surface area contributed by atoms with Gasteiger partial charge in [-0.15, -0.1) is 0 Å². The van der Waals surface area contributed by atoms with Gasteiger partial charge in [0.2, 0.25) is 0 Å². The lowest BCUT2D eigenvalue weighted by atomic mass is 10.2. The van der Waals surface area contributed by atoms with Gasteiger partial charge in [0.15, 0.2) is 5.82 Å². The Morgan fingerprint density at radius 2 is 1.74 bits per heavy atom. The minimum atomic E-state index is -0.789. The molecule has 4 heterocycles. The number of rotatable bonds is 11. The van der Waals surface area contributed by atoms with E-state index in [9.17, 15) is 19.2 Å². The monoisotopic (exact) mass is 481 g/mol. The lowest BCUT2D eigenvalue weighted by Gasteiger charge is -2.13. The van der Waals surface area contributed by atoms with Crippen LogP contribution in [0.3, 0.4) is 0 Å². The number of pyridine rings is 1. The number of aryl methyl sites for hydroxylation is 2. The van der Waals surface area contributed by atoms with Gasteiger partial charge in [-0.05, 0) is 31.4 Å². The predicted octanol–water partition coefficient (Wildman–Crippen LogP) is 1.59.